The lowest BCUT2D eigenvalue weighted by atomic mass is 9.96. The monoisotopic (exact) mass is 286 g/mol. The van der Waals surface area contributed by atoms with Crippen molar-refractivity contribution in [3.8, 4) is 0 Å². The highest BCUT2D eigenvalue weighted by molar-refractivity contribution is 7.89. The second-order valence-electron chi connectivity index (χ2n) is 5.12. The predicted molar refractivity (Wildman–Crippen MR) is 73.4 cm³/mol. The van der Waals surface area contributed by atoms with Gasteiger partial charge in [0.15, 0.2) is 0 Å². The molecule has 19 heavy (non-hydrogen) atoms. The first-order valence-corrected chi connectivity index (χ1v) is 8.27. The van der Waals surface area contributed by atoms with E-state index < -0.39 is 10.0 Å². The first-order valence-electron chi connectivity index (χ1n) is 6.79. The number of hydrogen-bond donors (Lipinski definition) is 2. The lowest BCUT2D eigenvalue weighted by Gasteiger charge is -2.22. The van der Waals surface area contributed by atoms with Crippen LogP contribution in [0.2, 0.25) is 0 Å². The Kier molecular flexibility index (Phi) is 4.65. The highest BCUT2D eigenvalue weighted by Crippen LogP contribution is 2.23. The van der Waals surface area contributed by atoms with Crippen LogP contribution in [0, 0.1) is 6.92 Å². The van der Waals surface area contributed by atoms with Crippen molar-refractivity contribution in [3.05, 3.63) is 17.6 Å². The maximum absolute atomic E-state index is 12.3. The van der Waals surface area contributed by atoms with Crippen LogP contribution < -0.4 is 10.0 Å². The third-order valence-electron chi connectivity index (χ3n) is 3.49. The van der Waals surface area contributed by atoms with E-state index in [4.69, 9.17) is 4.42 Å². The molecule has 1 aromatic rings. The van der Waals surface area contributed by atoms with Gasteiger partial charge in [-0.25, -0.2) is 13.1 Å². The van der Waals surface area contributed by atoms with Crippen LogP contribution in [0.15, 0.2) is 15.4 Å². The molecule has 1 aromatic heterocycles. The molecule has 1 saturated carbocycles. The fraction of sp³-hybridized carbons (Fsp3) is 0.692. The molecule has 2 rings (SSSR count). The molecule has 1 fully saturated rings. The Morgan fingerprint density at radius 2 is 2.00 bits per heavy atom. The molecule has 0 aromatic carbocycles. The molecule has 108 valence electrons. The Morgan fingerprint density at radius 1 is 1.32 bits per heavy atom. The molecule has 0 spiro atoms. The average Bonchev–Trinajstić information content (AvgIpc) is 2.72. The van der Waals surface area contributed by atoms with Crippen molar-refractivity contribution in [2.75, 3.05) is 7.05 Å². The molecule has 0 bridgehead atoms. The van der Waals surface area contributed by atoms with Gasteiger partial charge in [0.25, 0.3) is 0 Å². The molecule has 1 aliphatic carbocycles. The maximum Gasteiger partial charge on any atom is 0.244 e. The minimum absolute atomic E-state index is 0.0702. The fourth-order valence-corrected chi connectivity index (χ4v) is 4.06. The summed E-state index contributed by atoms with van der Waals surface area (Å²) in [7, 11) is -1.66. The van der Waals surface area contributed by atoms with Crippen LogP contribution in [0.25, 0.3) is 0 Å². The molecule has 6 heteroatoms. The predicted octanol–water partition coefficient (Wildman–Crippen LogP) is 1.92. The van der Waals surface area contributed by atoms with Crippen molar-refractivity contribution >= 4 is 10.0 Å². The van der Waals surface area contributed by atoms with E-state index >= 15 is 0 Å². The number of rotatable bonds is 5. The maximum atomic E-state index is 12.3. The molecular formula is C13H22N2O3S. The standard InChI is InChI=1S/C13H22N2O3S/c1-10-13(8-12(18-10)9-14-2)19(16,17)15-11-6-4-3-5-7-11/h8,11,14-15H,3-7,9H2,1-2H3. The van der Waals surface area contributed by atoms with E-state index in [-0.39, 0.29) is 10.9 Å². The first-order chi connectivity index (χ1) is 9.03. The zero-order valence-corrected chi connectivity index (χ0v) is 12.3. The van der Waals surface area contributed by atoms with E-state index in [1.54, 1.807) is 20.0 Å². The van der Waals surface area contributed by atoms with Crippen molar-refractivity contribution in [1.82, 2.24) is 10.0 Å². The number of aryl methyl sites for hydroxylation is 1. The molecule has 1 heterocycles. The SMILES string of the molecule is CNCc1cc(S(=O)(=O)NC2CCCCC2)c(C)o1. The largest absolute Gasteiger partial charge is 0.464 e. The lowest BCUT2D eigenvalue weighted by Crippen LogP contribution is -2.36. The Labute approximate surface area is 114 Å². The summed E-state index contributed by atoms with van der Waals surface area (Å²) in [6.45, 7) is 2.22. The van der Waals surface area contributed by atoms with Crippen molar-refractivity contribution in [1.29, 1.82) is 0 Å². The zero-order chi connectivity index (χ0) is 13.9. The highest BCUT2D eigenvalue weighted by atomic mass is 32.2. The molecule has 0 radical (unpaired) electrons. The Hall–Kier alpha value is -0.850. The Morgan fingerprint density at radius 3 is 2.63 bits per heavy atom. The van der Waals surface area contributed by atoms with E-state index in [0.29, 0.717) is 18.1 Å². The molecule has 2 N–H and O–H groups in total. The van der Waals surface area contributed by atoms with Gasteiger partial charge in [-0.1, -0.05) is 19.3 Å². The summed E-state index contributed by atoms with van der Waals surface area (Å²) in [4.78, 5) is 0.267. The highest BCUT2D eigenvalue weighted by Gasteiger charge is 2.25. The van der Waals surface area contributed by atoms with Gasteiger partial charge >= 0.3 is 0 Å². The van der Waals surface area contributed by atoms with Gasteiger partial charge in [0, 0.05) is 12.1 Å². The Balaban J connectivity index is 2.14. The van der Waals surface area contributed by atoms with Crippen LogP contribution in [0.5, 0.6) is 0 Å². The number of hydrogen-bond acceptors (Lipinski definition) is 4. The normalized spacial score (nSPS) is 17.8. The fourth-order valence-electron chi connectivity index (χ4n) is 2.56. The van der Waals surface area contributed by atoms with Crippen LogP contribution in [0.3, 0.4) is 0 Å². The van der Waals surface area contributed by atoms with E-state index in [9.17, 15) is 8.42 Å². The average molecular weight is 286 g/mol. The van der Waals surface area contributed by atoms with Gasteiger partial charge in [-0.05, 0) is 26.8 Å². The summed E-state index contributed by atoms with van der Waals surface area (Å²) in [6, 6.07) is 1.68. The summed E-state index contributed by atoms with van der Waals surface area (Å²) in [5.74, 6) is 1.09. The molecule has 0 unspecified atom stereocenters. The van der Waals surface area contributed by atoms with Gasteiger partial charge in [0.05, 0.1) is 6.54 Å². The van der Waals surface area contributed by atoms with Gasteiger partial charge < -0.3 is 9.73 Å². The number of sulfonamides is 1. The van der Waals surface area contributed by atoms with Crippen molar-refractivity contribution < 1.29 is 12.8 Å². The van der Waals surface area contributed by atoms with E-state index in [0.717, 1.165) is 25.7 Å². The van der Waals surface area contributed by atoms with Crippen LogP contribution in [-0.4, -0.2) is 21.5 Å². The summed E-state index contributed by atoms with van der Waals surface area (Å²) < 4.78 is 32.9. The van der Waals surface area contributed by atoms with Crippen LogP contribution in [-0.2, 0) is 16.6 Å². The zero-order valence-electron chi connectivity index (χ0n) is 11.5. The van der Waals surface area contributed by atoms with E-state index in [1.807, 2.05) is 0 Å². The second-order valence-corrected chi connectivity index (χ2v) is 6.80. The minimum atomic E-state index is -3.46. The Bertz CT molecular complexity index is 516. The van der Waals surface area contributed by atoms with Crippen molar-refractivity contribution in [3.63, 3.8) is 0 Å². The van der Waals surface area contributed by atoms with Crippen LogP contribution >= 0.6 is 0 Å². The smallest absolute Gasteiger partial charge is 0.244 e. The van der Waals surface area contributed by atoms with E-state index in [1.165, 1.54) is 6.42 Å². The summed E-state index contributed by atoms with van der Waals surface area (Å²) >= 11 is 0. The number of furan rings is 1. The molecule has 0 aliphatic heterocycles. The molecule has 5 nitrogen and oxygen atoms in total. The molecule has 0 amide bonds. The summed E-state index contributed by atoms with van der Waals surface area (Å²) in [5, 5.41) is 2.95. The third-order valence-corrected chi connectivity index (χ3v) is 5.12. The van der Waals surface area contributed by atoms with Gasteiger partial charge in [-0.15, -0.1) is 0 Å². The molecular weight excluding hydrogens is 264 g/mol. The van der Waals surface area contributed by atoms with E-state index in [2.05, 4.69) is 10.0 Å². The summed E-state index contributed by atoms with van der Waals surface area (Å²) in [5.41, 5.74) is 0. The molecule has 0 saturated heterocycles. The van der Waals surface area contributed by atoms with Gasteiger partial charge in [-0.2, -0.15) is 0 Å². The first kappa shape index (κ1) is 14.6. The number of nitrogens with one attached hydrogen (secondary N) is 2. The van der Waals surface area contributed by atoms with Crippen LogP contribution in [0.1, 0.15) is 43.6 Å². The topological polar surface area (TPSA) is 71.3 Å². The van der Waals surface area contributed by atoms with Crippen molar-refractivity contribution in [2.45, 2.75) is 56.5 Å². The van der Waals surface area contributed by atoms with Crippen molar-refractivity contribution in [2.24, 2.45) is 0 Å². The third kappa shape index (κ3) is 3.58. The quantitative estimate of drug-likeness (QED) is 0.867. The molecule has 1 aliphatic rings. The summed E-state index contributed by atoms with van der Waals surface area (Å²) in [6.07, 6.45) is 5.26. The molecule has 0 atom stereocenters. The van der Waals surface area contributed by atoms with Gasteiger partial charge in [0.1, 0.15) is 16.4 Å². The second kappa shape index (κ2) is 6.07. The van der Waals surface area contributed by atoms with Crippen LogP contribution in [0.4, 0.5) is 0 Å². The van der Waals surface area contributed by atoms with Gasteiger partial charge in [-0.3, -0.25) is 0 Å². The van der Waals surface area contributed by atoms with Gasteiger partial charge in [0.2, 0.25) is 10.0 Å². The minimum Gasteiger partial charge on any atom is -0.464 e. The lowest BCUT2D eigenvalue weighted by molar-refractivity contribution is 0.411.